The van der Waals surface area contributed by atoms with Crippen LogP contribution in [0.5, 0.6) is 0 Å². The highest BCUT2D eigenvalue weighted by molar-refractivity contribution is 5.07. The fourth-order valence-corrected chi connectivity index (χ4v) is 5.90. The van der Waals surface area contributed by atoms with Gasteiger partial charge in [0.05, 0.1) is 11.5 Å². The molecule has 2 aliphatic rings. The van der Waals surface area contributed by atoms with Crippen molar-refractivity contribution >= 4 is 0 Å². The lowest BCUT2D eigenvalue weighted by molar-refractivity contribution is -0.0380. The maximum Gasteiger partial charge on any atom is 0.0689 e. The molecule has 0 aliphatic heterocycles. The second-order valence-electron chi connectivity index (χ2n) is 10.4. The molecular weight excluding hydrogens is 314 g/mol. The number of hydrogen-bond acceptors (Lipinski definition) is 1. The highest BCUT2D eigenvalue weighted by Crippen LogP contribution is 2.60. The van der Waals surface area contributed by atoms with Crippen LogP contribution in [0.2, 0.25) is 0 Å². The highest BCUT2D eigenvalue weighted by atomic mass is 14.5. The molecule has 2 aliphatic carbocycles. The summed E-state index contributed by atoms with van der Waals surface area (Å²) in [5, 5.41) is 9.87. The SMILES string of the molecule is CCCCCC1CCC(C)(C2(C)CCC(C#N)(CCCCC)CC2)CC1. The van der Waals surface area contributed by atoms with E-state index >= 15 is 0 Å². The summed E-state index contributed by atoms with van der Waals surface area (Å²) in [7, 11) is 0. The van der Waals surface area contributed by atoms with E-state index in [-0.39, 0.29) is 5.41 Å². The van der Waals surface area contributed by atoms with E-state index in [4.69, 9.17) is 0 Å². The Morgan fingerprint density at radius 2 is 1.31 bits per heavy atom. The van der Waals surface area contributed by atoms with Crippen molar-refractivity contribution in [2.45, 2.75) is 130 Å². The molecule has 0 aromatic rings. The molecule has 26 heavy (non-hydrogen) atoms. The quantitative estimate of drug-likeness (QED) is 0.379. The molecule has 0 heterocycles. The minimum absolute atomic E-state index is 0.00238. The van der Waals surface area contributed by atoms with Crippen LogP contribution in [0.4, 0.5) is 0 Å². The number of hydrogen-bond donors (Lipinski definition) is 0. The molecule has 0 saturated heterocycles. The van der Waals surface area contributed by atoms with Crippen LogP contribution in [-0.4, -0.2) is 0 Å². The molecule has 0 unspecified atom stereocenters. The third-order valence-electron chi connectivity index (χ3n) is 8.69. The molecule has 1 heteroatoms. The summed E-state index contributed by atoms with van der Waals surface area (Å²) in [6.45, 7) is 9.73. The third-order valence-corrected chi connectivity index (χ3v) is 8.69. The fourth-order valence-electron chi connectivity index (χ4n) is 5.90. The van der Waals surface area contributed by atoms with Crippen LogP contribution < -0.4 is 0 Å². The van der Waals surface area contributed by atoms with Crippen LogP contribution in [0.1, 0.15) is 130 Å². The Kier molecular flexibility index (Phi) is 8.06. The Balaban J connectivity index is 1.88. The number of nitriles is 1. The minimum Gasteiger partial charge on any atom is -0.198 e. The van der Waals surface area contributed by atoms with E-state index in [1.807, 2.05) is 0 Å². The Hall–Kier alpha value is -0.510. The second kappa shape index (κ2) is 9.61. The summed E-state index contributed by atoms with van der Waals surface area (Å²) in [6.07, 6.45) is 21.2. The number of nitrogens with zero attached hydrogens (tertiary/aromatic N) is 1. The molecule has 0 bridgehead atoms. The molecule has 1 nitrogen and oxygen atoms in total. The normalized spacial score (nSPS) is 38.0. The fraction of sp³-hybridized carbons (Fsp3) is 0.960. The Morgan fingerprint density at radius 1 is 0.769 bits per heavy atom. The summed E-state index contributed by atoms with van der Waals surface area (Å²) >= 11 is 0. The Labute approximate surface area is 164 Å². The van der Waals surface area contributed by atoms with Crippen molar-refractivity contribution in [2.24, 2.45) is 22.2 Å². The van der Waals surface area contributed by atoms with Crippen molar-refractivity contribution in [3.05, 3.63) is 0 Å². The van der Waals surface area contributed by atoms with Gasteiger partial charge in [0, 0.05) is 0 Å². The maximum atomic E-state index is 9.87. The third kappa shape index (κ3) is 5.05. The van der Waals surface area contributed by atoms with Crippen LogP contribution in [0, 0.1) is 33.5 Å². The molecule has 0 atom stereocenters. The van der Waals surface area contributed by atoms with Gasteiger partial charge in [0.25, 0.3) is 0 Å². The van der Waals surface area contributed by atoms with Crippen LogP contribution in [0.15, 0.2) is 0 Å². The molecule has 0 radical (unpaired) electrons. The first-order chi connectivity index (χ1) is 12.4. The van der Waals surface area contributed by atoms with E-state index in [2.05, 4.69) is 33.8 Å². The van der Waals surface area contributed by atoms with Gasteiger partial charge in [-0.3, -0.25) is 0 Å². The zero-order valence-corrected chi connectivity index (χ0v) is 18.3. The molecule has 0 amide bonds. The van der Waals surface area contributed by atoms with Gasteiger partial charge in [-0.15, -0.1) is 0 Å². The Morgan fingerprint density at radius 3 is 1.85 bits per heavy atom. The van der Waals surface area contributed by atoms with E-state index < -0.39 is 0 Å². The largest absolute Gasteiger partial charge is 0.198 e. The molecule has 150 valence electrons. The summed E-state index contributed by atoms with van der Waals surface area (Å²) < 4.78 is 0. The molecule has 0 aromatic carbocycles. The molecule has 2 rings (SSSR count). The average Bonchev–Trinajstić information content (AvgIpc) is 2.66. The van der Waals surface area contributed by atoms with Crippen LogP contribution >= 0.6 is 0 Å². The van der Waals surface area contributed by atoms with E-state index in [1.165, 1.54) is 83.5 Å². The van der Waals surface area contributed by atoms with Crippen LogP contribution in [-0.2, 0) is 0 Å². The van der Waals surface area contributed by atoms with Crippen LogP contribution in [0.3, 0.4) is 0 Å². The topological polar surface area (TPSA) is 23.8 Å². The molecule has 2 fully saturated rings. The van der Waals surface area contributed by atoms with Gasteiger partial charge in [0.2, 0.25) is 0 Å². The first kappa shape index (κ1) is 21.8. The van der Waals surface area contributed by atoms with E-state index in [0.29, 0.717) is 10.8 Å². The number of unbranched alkanes of at least 4 members (excludes halogenated alkanes) is 4. The van der Waals surface area contributed by atoms with Gasteiger partial charge in [-0.25, -0.2) is 0 Å². The van der Waals surface area contributed by atoms with Crippen molar-refractivity contribution in [3.63, 3.8) is 0 Å². The van der Waals surface area contributed by atoms with Gasteiger partial charge in [-0.1, -0.05) is 72.6 Å². The molecule has 2 saturated carbocycles. The predicted molar refractivity (Wildman–Crippen MR) is 113 cm³/mol. The monoisotopic (exact) mass is 359 g/mol. The summed E-state index contributed by atoms with van der Waals surface area (Å²) in [5.74, 6) is 0.994. The first-order valence-corrected chi connectivity index (χ1v) is 11.8. The molecule has 0 spiro atoms. The van der Waals surface area contributed by atoms with Crippen molar-refractivity contribution < 1.29 is 0 Å². The smallest absolute Gasteiger partial charge is 0.0689 e. The van der Waals surface area contributed by atoms with Crippen molar-refractivity contribution in [3.8, 4) is 6.07 Å². The first-order valence-electron chi connectivity index (χ1n) is 11.8. The molecule has 0 aromatic heterocycles. The lowest BCUT2D eigenvalue weighted by Crippen LogP contribution is -2.45. The molecule has 0 N–H and O–H groups in total. The van der Waals surface area contributed by atoms with E-state index in [0.717, 1.165) is 25.2 Å². The summed E-state index contributed by atoms with van der Waals surface area (Å²) in [6, 6.07) is 2.77. The predicted octanol–water partition coefficient (Wildman–Crippen LogP) is 8.43. The van der Waals surface area contributed by atoms with Gasteiger partial charge in [0.1, 0.15) is 0 Å². The van der Waals surface area contributed by atoms with E-state index in [1.54, 1.807) is 0 Å². The summed E-state index contributed by atoms with van der Waals surface area (Å²) in [5.41, 5.74) is 0.980. The van der Waals surface area contributed by atoms with Crippen molar-refractivity contribution in [1.29, 1.82) is 5.26 Å². The lowest BCUT2D eigenvalue weighted by Gasteiger charge is -2.54. The van der Waals surface area contributed by atoms with Gasteiger partial charge in [-0.05, 0) is 74.5 Å². The summed E-state index contributed by atoms with van der Waals surface area (Å²) in [4.78, 5) is 0. The minimum atomic E-state index is 0.00238. The highest BCUT2D eigenvalue weighted by Gasteiger charge is 2.50. The average molecular weight is 360 g/mol. The van der Waals surface area contributed by atoms with Gasteiger partial charge >= 0.3 is 0 Å². The zero-order valence-electron chi connectivity index (χ0n) is 18.3. The zero-order chi connectivity index (χ0) is 19.1. The molecular formula is C25H45N. The maximum absolute atomic E-state index is 9.87. The number of rotatable bonds is 9. The van der Waals surface area contributed by atoms with Gasteiger partial charge in [-0.2, -0.15) is 5.26 Å². The van der Waals surface area contributed by atoms with Gasteiger partial charge < -0.3 is 0 Å². The van der Waals surface area contributed by atoms with E-state index in [9.17, 15) is 5.26 Å². The van der Waals surface area contributed by atoms with Crippen molar-refractivity contribution in [2.75, 3.05) is 0 Å². The standard InChI is InChI=1S/C25H45N/c1-5-7-9-11-22-12-15-23(3,16-13-22)24(4)17-19-25(21-26,20-18-24)14-10-8-6-2/h22H,5-20H2,1-4H3. The second-order valence-corrected chi connectivity index (χ2v) is 10.4. The van der Waals surface area contributed by atoms with Crippen LogP contribution in [0.25, 0.3) is 0 Å². The lowest BCUT2D eigenvalue weighted by atomic mass is 9.50. The van der Waals surface area contributed by atoms with Gasteiger partial charge in [0.15, 0.2) is 0 Å². The Bertz CT molecular complexity index is 441. The van der Waals surface area contributed by atoms with Crippen molar-refractivity contribution in [1.82, 2.24) is 0 Å².